The molecule has 1 rings (SSSR count). The number of carbonyl (C=O) groups is 1. The third-order valence-electron chi connectivity index (χ3n) is 2.71. The van der Waals surface area contributed by atoms with E-state index in [0.29, 0.717) is 17.3 Å². The van der Waals surface area contributed by atoms with E-state index in [1.165, 1.54) is 13.0 Å². The molecule has 1 atom stereocenters. The summed E-state index contributed by atoms with van der Waals surface area (Å²) in [6.45, 7) is 3.93. The first-order chi connectivity index (χ1) is 9.73. The molecular formula is C14H18ClF3N2O. The Morgan fingerprint density at radius 2 is 2.05 bits per heavy atom. The van der Waals surface area contributed by atoms with Gasteiger partial charge in [-0.15, -0.1) is 0 Å². The molecule has 7 heteroatoms. The molecule has 0 spiro atoms. The molecule has 0 aliphatic rings. The first-order valence-electron chi connectivity index (χ1n) is 6.64. The van der Waals surface area contributed by atoms with Gasteiger partial charge < -0.3 is 10.6 Å². The number of carbonyl (C=O) groups excluding carboxylic acids is 1. The predicted octanol–water partition coefficient (Wildman–Crippen LogP) is 4.23. The molecule has 0 aliphatic heterocycles. The second kappa shape index (κ2) is 7.54. The third-order valence-corrected chi connectivity index (χ3v) is 2.94. The van der Waals surface area contributed by atoms with E-state index < -0.39 is 24.5 Å². The Hall–Kier alpha value is -1.43. The zero-order chi connectivity index (χ0) is 16.0. The van der Waals surface area contributed by atoms with Gasteiger partial charge >= 0.3 is 6.18 Å². The lowest BCUT2D eigenvalue weighted by molar-refractivity contribution is -0.138. The van der Waals surface area contributed by atoms with Crippen molar-refractivity contribution in [1.29, 1.82) is 0 Å². The molecule has 3 nitrogen and oxygen atoms in total. The number of nitrogens with one attached hydrogen (secondary N) is 2. The van der Waals surface area contributed by atoms with Crippen LogP contribution in [0, 0.1) is 0 Å². The molecule has 1 aromatic carbocycles. The molecular weight excluding hydrogens is 305 g/mol. The summed E-state index contributed by atoms with van der Waals surface area (Å²) in [6.07, 6.45) is -4.53. The topological polar surface area (TPSA) is 41.1 Å². The molecule has 0 bridgehead atoms. The number of hydrogen-bond donors (Lipinski definition) is 2. The van der Waals surface area contributed by atoms with Crippen LogP contribution < -0.4 is 10.6 Å². The lowest BCUT2D eigenvalue weighted by Gasteiger charge is -2.17. The third kappa shape index (κ3) is 6.25. The van der Waals surface area contributed by atoms with Crippen LogP contribution in [0.3, 0.4) is 0 Å². The van der Waals surface area contributed by atoms with E-state index >= 15 is 0 Å². The van der Waals surface area contributed by atoms with Gasteiger partial charge in [-0.2, -0.15) is 13.2 Å². The fourth-order valence-corrected chi connectivity index (χ4v) is 1.99. The van der Waals surface area contributed by atoms with Crippen LogP contribution >= 0.6 is 11.6 Å². The van der Waals surface area contributed by atoms with Gasteiger partial charge in [0, 0.05) is 23.3 Å². The molecule has 0 radical (unpaired) electrons. The fraction of sp³-hybridized carbons (Fsp3) is 0.500. The summed E-state index contributed by atoms with van der Waals surface area (Å²) >= 11 is 5.85. The number of halogens is 4. The summed E-state index contributed by atoms with van der Waals surface area (Å²) in [4.78, 5) is 12.1. The van der Waals surface area contributed by atoms with E-state index in [2.05, 4.69) is 10.6 Å². The van der Waals surface area contributed by atoms with E-state index in [4.69, 9.17) is 11.6 Å². The Bertz CT molecular complexity index is 492. The summed E-state index contributed by atoms with van der Waals surface area (Å²) < 4.78 is 36.9. The van der Waals surface area contributed by atoms with Crippen molar-refractivity contribution in [2.45, 2.75) is 38.9 Å². The Labute approximate surface area is 126 Å². The number of hydrogen-bond acceptors (Lipinski definition) is 2. The van der Waals surface area contributed by atoms with Crippen molar-refractivity contribution in [3.05, 3.63) is 28.8 Å². The molecule has 1 aromatic rings. The molecule has 0 aromatic heterocycles. The maximum absolute atomic E-state index is 12.3. The fourth-order valence-electron chi connectivity index (χ4n) is 1.82. The van der Waals surface area contributed by atoms with Crippen molar-refractivity contribution in [2.75, 3.05) is 11.9 Å². The van der Waals surface area contributed by atoms with Gasteiger partial charge in [-0.1, -0.05) is 18.5 Å². The van der Waals surface area contributed by atoms with Crippen LogP contribution in [0.25, 0.3) is 0 Å². The first kappa shape index (κ1) is 17.6. The molecule has 0 saturated heterocycles. The SMILES string of the molecule is CCCNc1ccc(Cl)cc1C(=O)NC(C)CC(F)(F)F. The molecule has 0 heterocycles. The Morgan fingerprint density at radius 3 is 2.62 bits per heavy atom. The highest BCUT2D eigenvalue weighted by molar-refractivity contribution is 6.31. The van der Waals surface area contributed by atoms with Gasteiger partial charge in [0.2, 0.25) is 0 Å². The zero-order valence-electron chi connectivity index (χ0n) is 11.9. The molecule has 118 valence electrons. The van der Waals surface area contributed by atoms with Gasteiger partial charge in [0.25, 0.3) is 5.91 Å². The van der Waals surface area contributed by atoms with Gasteiger partial charge in [-0.25, -0.2) is 0 Å². The van der Waals surface area contributed by atoms with E-state index in [1.807, 2.05) is 6.92 Å². The van der Waals surface area contributed by atoms with Crippen LogP contribution in [0.15, 0.2) is 18.2 Å². The molecule has 2 N–H and O–H groups in total. The van der Waals surface area contributed by atoms with Gasteiger partial charge in [-0.05, 0) is 31.5 Å². The highest BCUT2D eigenvalue weighted by Crippen LogP contribution is 2.23. The molecule has 0 saturated carbocycles. The van der Waals surface area contributed by atoms with Gasteiger partial charge in [0.05, 0.1) is 12.0 Å². The summed E-state index contributed by atoms with van der Waals surface area (Å²) in [5.74, 6) is -0.576. The largest absolute Gasteiger partial charge is 0.391 e. The van der Waals surface area contributed by atoms with E-state index in [0.717, 1.165) is 6.42 Å². The van der Waals surface area contributed by atoms with Gasteiger partial charge in [0.15, 0.2) is 0 Å². The van der Waals surface area contributed by atoms with Crippen molar-refractivity contribution in [3.63, 3.8) is 0 Å². The number of benzene rings is 1. The van der Waals surface area contributed by atoms with Crippen molar-refractivity contribution in [2.24, 2.45) is 0 Å². The van der Waals surface area contributed by atoms with Crippen LogP contribution in [0.1, 0.15) is 37.0 Å². The predicted molar refractivity (Wildman–Crippen MR) is 77.8 cm³/mol. The average Bonchev–Trinajstić information content (AvgIpc) is 2.34. The Kier molecular flexibility index (Phi) is 6.33. The summed E-state index contributed by atoms with van der Waals surface area (Å²) in [7, 11) is 0. The highest BCUT2D eigenvalue weighted by atomic mass is 35.5. The minimum Gasteiger partial charge on any atom is -0.384 e. The maximum Gasteiger partial charge on any atom is 0.391 e. The Morgan fingerprint density at radius 1 is 1.38 bits per heavy atom. The zero-order valence-corrected chi connectivity index (χ0v) is 12.6. The normalized spacial score (nSPS) is 12.9. The number of rotatable bonds is 6. The number of alkyl halides is 3. The highest BCUT2D eigenvalue weighted by Gasteiger charge is 2.30. The minimum absolute atomic E-state index is 0.241. The number of anilines is 1. The van der Waals surface area contributed by atoms with Gasteiger partial charge in [-0.3, -0.25) is 4.79 Å². The standard InChI is InChI=1S/C14H18ClF3N2O/c1-3-6-19-12-5-4-10(15)7-11(12)13(21)20-9(2)8-14(16,17)18/h4-5,7,9,19H,3,6,8H2,1-2H3,(H,20,21). The lowest BCUT2D eigenvalue weighted by Crippen LogP contribution is -2.36. The molecule has 1 amide bonds. The average molecular weight is 323 g/mol. The van der Waals surface area contributed by atoms with Crippen LogP contribution in [0.2, 0.25) is 5.02 Å². The summed E-state index contributed by atoms with van der Waals surface area (Å²) in [6, 6.07) is 3.70. The van der Waals surface area contributed by atoms with E-state index in [1.54, 1.807) is 12.1 Å². The monoisotopic (exact) mass is 322 g/mol. The number of amides is 1. The summed E-state index contributed by atoms with van der Waals surface area (Å²) in [5, 5.41) is 5.74. The van der Waals surface area contributed by atoms with E-state index in [9.17, 15) is 18.0 Å². The van der Waals surface area contributed by atoms with Gasteiger partial charge in [0.1, 0.15) is 0 Å². The van der Waals surface area contributed by atoms with Crippen LogP contribution in [-0.2, 0) is 0 Å². The molecule has 0 fully saturated rings. The minimum atomic E-state index is -4.32. The molecule has 0 aliphatic carbocycles. The van der Waals surface area contributed by atoms with Crippen molar-refractivity contribution >= 4 is 23.2 Å². The van der Waals surface area contributed by atoms with E-state index in [-0.39, 0.29) is 5.56 Å². The quantitative estimate of drug-likeness (QED) is 0.822. The first-order valence-corrected chi connectivity index (χ1v) is 7.01. The Balaban J connectivity index is 2.83. The second-order valence-electron chi connectivity index (χ2n) is 4.81. The van der Waals surface area contributed by atoms with Crippen molar-refractivity contribution in [1.82, 2.24) is 5.32 Å². The van der Waals surface area contributed by atoms with Crippen molar-refractivity contribution < 1.29 is 18.0 Å². The van der Waals surface area contributed by atoms with Crippen LogP contribution in [0.4, 0.5) is 18.9 Å². The molecule has 1 unspecified atom stereocenters. The van der Waals surface area contributed by atoms with Crippen LogP contribution in [0.5, 0.6) is 0 Å². The van der Waals surface area contributed by atoms with Crippen LogP contribution in [-0.4, -0.2) is 24.7 Å². The molecule has 21 heavy (non-hydrogen) atoms. The maximum atomic E-state index is 12.3. The second-order valence-corrected chi connectivity index (χ2v) is 5.25. The van der Waals surface area contributed by atoms with Crippen molar-refractivity contribution in [3.8, 4) is 0 Å². The lowest BCUT2D eigenvalue weighted by atomic mass is 10.1. The smallest absolute Gasteiger partial charge is 0.384 e. The summed E-state index contributed by atoms with van der Waals surface area (Å²) in [5.41, 5.74) is 0.794.